The second kappa shape index (κ2) is 3.42. The maximum absolute atomic E-state index is 11.7. The van der Waals surface area contributed by atoms with Gasteiger partial charge in [-0.2, -0.15) is 5.10 Å². The van der Waals surface area contributed by atoms with Crippen molar-refractivity contribution in [1.29, 1.82) is 0 Å². The molecule has 0 aromatic carbocycles. The summed E-state index contributed by atoms with van der Waals surface area (Å²) in [6.07, 6.45) is 4.35. The van der Waals surface area contributed by atoms with E-state index in [0.717, 1.165) is 12.8 Å². The van der Waals surface area contributed by atoms with Crippen molar-refractivity contribution in [2.45, 2.75) is 25.0 Å². The first-order valence-corrected chi connectivity index (χ1v) is 4.64. The molecule has 14 heavy (non-hydrogen) atoms. The summed E-state index contributed by atoms with van der Waals surface area (Å²) in [5.74, 6) is -0.0949. The van der Waals surface area contributed by atoms with Crippen LogP contribution in [0.15, 0.2) is 12.4 Å². The van der Waals surface area contributed by atoms with Crippen LogP contribution in [0, 0.1) is 0 Å². The van der Waals surface area contributed by atoms with Crippen molar-refractivity contribution in [3.05, 3.63) is 18.0 Å². The number of rotatable bonds is 2. The van der Waals surface area contributed by atoms with E-state index in [0.29, 0.717) is 5.56 Å². The molecule has 5 nitrogen and oxygen atoms in total. The van der Waals surface area contributed by atoms with E-state index < -0.39 is 0 Å². The first kappa shape index (κ1) is 9.21. The molecule has 0 radical (unpaired) electrons. The van der Waals surface area contributed by atoms with Crippen LogP contribution in [-0.4, -0.2) is 45.3 Å². The van der Waals surface area contributed by atoms with Crippen LogP contribution in [0.1, 0.15) is 23.2 Å². The van der Waals surface area contributed by atoms with Gasteiger partial charge in [-0.3, -0.25) is 9.89 Å². The molecule has 1 heterocycles. The van der Waals surface area contributed by atoms with Gasteiger partial charge in [0.25, 0.3) is 5.91 Å². The molecule has 1 aromatic rings. The van der Waals surface area contributed by atoms with Gasteiger partial charge in [0.05, 0.1) is 23.9 Å². The Hall–Kier alpha value is -1.36. The SMILES string of the molecule is CN(C(=O)c1cn[nH]c1)[C@@H]1CC[C@H]1O. The standard InChI is InChI=1S/C9H13N3O2/c1-12(7-2-3-8(7)13)9(14)6-4-10-11-5-6/h4-5,7-8,13H,2-3H2,1H3,(H,10,11)/t7-,8-/m1/s1. The third-order valence-electron chi connectivity index (χ3n) is 2.77. The summed E-state index contributed by atoms with van der Waals surface area (Å²) in [7, 11) is 1.71. The molecule has 0 unspecified atom stereocenters. The highest BCUT2D eigenvalue weighted by atomic mass is 16.3. The summed E-state index contributed by atoms with van der Waals surface area (Å²) in [6.45, 7) is 0. The van der Waals surface area contributed by atoms with Gasteiger partial charge in [-0.05, 0) is 12.8 Å². The molecule has 1 saturated carbocycles. The molecule has 1 fully saturated rings. The lowest BCUT2D eigenvalue weighted by Crippen LogP contribution is -2.51. The number of carbonyl (C=O) groups is 1. The molecule has 2 rings (SSSR count). The van der Waals surface area contributed by atoms with Gasteiger partial charge in [0.2, 0.25) is 0 Å². The fourth-order valence-corrected chi connectivity index (χ4v) is 1.64. The number of aromatic amines is 1. The third-order valence-corrected chi connectivity index (χ3v) is 2.77. The number of hydrogen-bond acceptors (Lipinski definition) is 3. The zero-order valence-corrected chi connectivity index (χ0v) is 7.97. The normalized spacial score (nSPS) is 25.6. The van der Waals surface area contributed by atoms with E-state index in [1.54, 1.807) is 18.1 Å². The number of aromatic nitrogens is 2. The number of H-pyrrole nitrogens is 1. The number of amides is 1. The average molecular weight is 195 g/mol. The van der Waals surface area contributed by atoms with Crippen molar-refractivity contribution in [2.24, 2.45) is 0 Å². The Bertz CT molecular complexity index is 323. The van der Waals surface area contributed by atoms with Crippen LogP contribution in [0.2, 0.25) is 0 Å². The Morgan fingerprint density at radius 2 is 2.50 bits per heavy atom. The van der Waals surface area contributed by atoms with Gasteiger partial charge in [-0.15, -0.1) is 0 Å². The Balaban J connectivity index is 2.05. The maximum Gasteiger partial charge on any atom is 0.257 e. The van der Waals surface area contributed by atoms with Crippen molar-refractivity contribution in [2.75, 3.05) is 7.05 Å². The first-order valence-electron chi connectivity index (χ1n) is 4.64. The van der Waals surface area contributed by atoms with E-state index in [-0.39, 0.29) is 18.1 Å². The zero-order chi connectivity index (χ0) is 10.1. The van der Waals surface area contributed by atoms with Crippen molar-refractivity contribution in [3.63, 3.8) is 0 Å². The number of hydrogen-bond donors (Lipinski definition) is 2. The molecule has 0 saturated heterocycles. The molecular formula is C9H13N3O2. The molecule has 0 bridgehead atoms. The van der Waals surface area contributed by atoms with Gasteiger partial charge >= 0.3 is 0 Å². The topological polar surface area (TPSA) is 69.2 Å². The highest BCUT2D eigenvalue weighted by Gasteiger charge is 2.34. The van der Waals surface area contributed by atoms with Gasteiger partial charge in [-0.1, -0.05) is 0 Å². The second-order valence-corrected chi connectivity index (χ2v) is 3.62. The van der Waals surface area contributed by atoms with Crippen molar-refractivity contribution in [3.8, 4) is 0 Å². The highest BCUT2D eigenvalue weighted by molar-refractivity contribution is 5.93. The molecule has 0 spiro atoms. The summed E-state index contributed by atoms with van der Waals surface area (Å²) in [5.41, 5.74) is 0.534. The lowest BCUT2D eigenvalue weighted by molar-refractivity contribution is -0.00490. The monoisotopic (exact) mass is 195 g/mol. The molecular weight excluding hydrogens is 182 g/mol. The van der Waals surface area contributed by atoms with Crippen LogP contribution < -0.4 is 0 Å². The minimum Gasteiger partial charge on any atom is -0.391 e. The fourth-order valence-electron chi connectivity index (χ4n) is 1.64. The molecule has 1 amide bonds. The van der Waals surface area contributed by atoms with E-state index in [1.165, 1.54) is 6.20 Å². The van der Waals surface area contributed by atoms with Crippen LogP contribution in [0.25, 0.3) is 0 Å². The largest absolute Gasteiger partial charge is 0.391 e. The smallest absolute Gasteiger partial charge is 0.257 e. The number of likely N-dealkylation sites (N-methyl/N-ethyl adjacent to an activating group) is 1. The number of aliphatic hydroxyl groups is 1. The number of aliphatic hydroxyl groups excluding tert-OH is 1. The van der Waals surface area contributed by atoms with E-state index >= 15 is 0 Å². The molecule has 2 atom stereocenters. The fraction of sp³-hybridized carbons (Fsp3) is 0.556. The van der Waals surface area contributed by atoms with Crippen LogP contribution in [0.4, 0.5) is 0 Å². The van der Waals surface area contributed by atoms with Crippen molar-refractivity contribution >= 4 is 5.91 Å². The molecule has 2 N–H and O–H groups in total. The Morgan fingerprint density at radius 3 is 2.93 bits per heavy atom. The van der Waals surface area contributed by atoms with Gasteiger partial charge in [0.1, 0.15) is 0 Å². The van der Waals surface area contributed by atoms with Crippen molar-refractivity contribution < 1.29 is 9.90 Å². The van der Waals surface area contributed by atoms with E-state index in [2.05, 4.69) is 10.2 Å². The summed E-state index contributed by atoms with van der Waals surface area (Å²) >= 11 is 0. The van der Waals surface area contributed by atoms with Crippen LogP contribution in [0.5, 0.6) is 0 Å². The number of nitrogens with zero attached hydrogens (tertiary/aromatic N) is 2. The Morgan fingerprint density at radius 1 is 1.71 bits per heavy atom. The van der Waals surface area contributed by atoms with E-state index in [1.807, 2.05) is 0 Å². The molecule has 1 aromatic heterocycles. The minimum atomic E-state index is -0.365. The van der Waals surface area contributed by atoms with Crippen LogP contribution in [0.3, 0.4) is 0 Å². The number of carbonyl (C=O) groups excluding carboxylic acids is 1. The van der Waals surface area contributed by atoms with Crippen LogP contribution >= 0.6 is 0 Å². The predicted molar refractivity (Wildman–Crippen MR) is 49.7 cm³/mol. The average Bonchev–Trinajstić information content (AvgIpc) is 2.67. The van der Waals surface area contributed by atoms with Gasteiger partial charge < -0.3 is 10.0 Å². The van der Waals surface area contributed by atoms with Gasteiger partial charge in [0, 0.05) is 13.2 Å². The predicted octanol–water partition coefficient (Wildman–Crippen LogP) is 0.00500. The third kappa shape index (κ3) is 1.39. The summed E-state index contributed by atoms with van der Waals surface area (Å²) in [6, 6.07) is -0.0302. The van der Waals surface area contributed by atoms with E-state index in [9.17, 15) is 9.90 Å². The quantitative estimate of drug-likeness (QED) is 0.698. The lowest BCUT2D eigenvalue weighted by atomic mass is 9.88. The summed E-state index contributed by atoms with van der Waals surface area (Å²) in [5, 5.41) is 15.7. The first-order chi connectivity index (χ1) is 6.70. The highest BCUT2D eigenvalue weighted by Crippen LogP contribution is 2.25. The van der Waals surface area contributed by atoms with Gasteiger partial charge in [-0.25, -0.2) is 0 Å². The molecule has 76 valence electrons. The van der Waals surface area contributed by atoms with Crippen molar-refractivity contribution in [1.82, 2.24) is 15.1 Å². The minimum absolute atomic E-state index is 0.0302. The lowest BCUT2D eigenvalue weighted by Gasteiger charge is -2.39. The molecule has 1 aliphatic carbocycles. The van der Waals surface area contributed by atoms with Gasteiger partial charge in [0.15, 0.2) is 0 Å². The van der Waals surface area contributed by atoms with E-state index in [4.69, 9.17) is 0 Å². The molecule has 0 aliphatic heterocycles. The zero-order valence-electron chi connectivity index (χ0n) is 7.97. The molecule has 5 heteroatoms. The summed E-state index contributed by atoms with van der Waals surface area (Å²) in [4.78, 5) is 13.3. The molecule has 1 aliphatic rings. The Labute approximate surface area is 81.7 Å². The Kier molecular flexibility index (Phi) is 2.25. The summed E-state index contributed by atoms with van der Waals surface area (Å²) < 4.78 is 0. The van der Waals surface area contributed by atoms with Crippen LogP contribution in [-0.2, 0) is 0 Å². The maximum atomic E-state index is 11.7. The number of nitrogens with one attached hydrogen (secondary N) is 1. The second-order valence-electron chi connectivity index (χ2n) is 3.62.